The minimum Gasteiger partial charge on any atom is -0.466 e. The van der Waals surface area contributed by atoms with E-state index < -0.39 is 11.9 Å². The van der Waals surface area contributed by atoms with Gasteiger partial charge in [0.1, 0.15) is 11.4 Å². The highest BCUT2D eigenvalue weighted by Crippen LogP contribution is 2.20. The number of ether oxygens (including phenoxy) is 2. The van der Waals surface area contributed by atoms with E-state index in [4.69, 9.17) is 4.74 Å². The molecule has 0 N–H and O–H groups in total. The average molecular weight is 254 g/mol. The van der Waals surface area contributed by atoms with E-state index in [2.05, 4.69) is 4.74 Å². The number of hydrogen-bond donors (Lipinski definition) is 0. The summed E-state index contributed by atoms with van der Waals surface area (Å²) in [6.45, 7) is 1.64. The number of likely N-dealkylation sites (N-methyl/N-ethyl adjacent to an activating group) is 2. The molecule has 1 saturated heterocycles. The smallest absolute Gasteiger partial charge is 0.341 e. The maximum atomic E-state index is 11.8. The zero-order valence-electron chi connectivity index (χ0n) is 11.1. The minimum absolute atomic E-state index is 0.338. The van der Waals surface area contributed by atoms with E-state index in [1.807, 2.05) is 23.9 Å². The average Bonchev–Trinajstić information content (AvgIpc) is 2.69. The predicted octanol–water partition coefficient (Wildman–Crippen LogP) is -0.0226. The standard InChI is InChI=1S/C12H18N2O4/c1-13-7-8-14(2)11(13)9(12(16)18-4)5-6-10(15)17-3/h5-6H,7-8H2,1-4H3/b6-5+. The van der Waals surface area contributed by atoms with Gasteiger partial charge in [0.25, 0.3) is 0 Å². The van der Waals surface area contributed by atoms with Gasteiger partial charge >= 0.3 is 11.9 Å². The van der Waals surface area contributed by atoms with Crippen LogP contribution in [0.5, 0.6) is 0 Å². The second kappa shape index (κ2) is 6.09. The van der Waals surface area contributed by atoms with Gasteiger partial charge in [-0.05, 0) is 6.08 Å². The summed E-state index contributed by atoms with van der Waals surface area (Å²) in [4.78, 5) is 26.7. The van der Waals surface area contributed by atoms with E-state index in [0.717, 1.165) is 18.9 Å². The van der Waals surface area contributed by atoms with Crippen molar-refractivity contribution in [1.82, 2.24) is 9.80 Å². The molecule has 0 unspecified atom stereocenters. The van der Waals surface area contributed by atoms with E-state index in [-0.39, 0.29) is 0 Å². The number of esters is 2. The Hall–Kier alpha value is -1.98. The molecule has 100 valence electrons. The minimum atomic E-state index is -0.514. The van der Waals surface area contributed by atoms with Crippen molar-refractivity contribution >= 4 is 11.9 Å². The Morgan fingerprint density at radius 2 is 1.61 bits per heavy atom. The monoisotopic (exact) mass is 254 g/mol. The molecule has 1 aliphatic heterocycles. The molecule has 0 amide bonds. The molecule has 0 atom stereocenters. The van der Waals surface area contributed by atoms with Gasteiger partial charge in [-0.3, -0.25) is 0 Å². The van der Waals surface area contributed by atoms with Crippen LogP contribution < -0.4 is 0 Å². The van der Waals surface area contributed by atoms with Gasteiger partial charge in [0.15, 0.2) is 0 Å². The molecule has 18 heavy (non-hydrogen) atoms. The van der Waals surface area contributed by atoms with Crippen LogP contribution in [0, 0.1) is 0 Å². The van der Waals surface area contributed by atoms with E-state index in [0.29, 0.717) is 5.57 Å². The lowest BCUT2D eigenvalue weighted by Gasteiger charge is -2.20. The molecule has 1 aliphatic rings. The molecule has 6 nitrogen and oxygen atoms in total. The maximum Gasteiger partial charge on any atom is 0.341 e. The topological polar surface area (TPSA) is 59.1 Å². The third-order valence-electron chi connectivity index (χ3n) is 2.73. The first-order valence-corrected chi connectivity index (χ1v) is 5.52. The second-order valence-corrected chi connectivity index (χ2v) is 3.93. The fraction of sp³-hybridized carbons (Fsp3) is 0.500. The van der Waals surface area contributed by atoms with E-state index in [9.17, 15) is 9.59 Å². The second-order valence-electron chi connectivity index (χ2n) is 3.93. The van der Waals surface area contributed by atoms with Crippen molar-refractivity contribution in [1.29, 1.82) is 0 Å². The van der Waals surface area contributed by atoms with Crippen LogP contribution in [0.25, 0.3) is 0 Å². The van der Waals surface area contributed by atoms with Crippen molar-refractivity contribution in [2.45, 2.75) is 0 Å². The van der Waals surface area contributed by atoms with Crippen LogP contribution >= 0.6 is 0 Å². The maximum absolute atomic E-state index is 11.8. The molecule has 0 aliphatic carbocycles. The van der Waals surface area contributed by atoms with Gasteiger partial charge in [-0.2, -0.15) is 0 Å². The summed E-state index contributed by atoms with van der Waals surface area (Å²) in [6.07, 6.45) is 2.63. The van der Waals surface area contributed by atoms with Gasteiger partial charge < -0.3 is 19.3 Å². The van der Waals surface area contributed by atoms with Gasteiger partial charge in [0, 0.05) is 33.3 Å². The fourth-order valence-corrected chi connectivity index (χ4v) is 1.78. The SMILES string of the molecule is COC(=O)/C=C/C(C(=O)OC)=C1N(C)CCN1C. The lowest BCUT2D eigenvalue weighted by molar-refractivity contribution is -0.136. The first kappa shape index (κ1) is 14.1. The molecule has 1 rings (SSSR count). The number of carbonyl (C=O) groups is 2. The summed E-state index contributed by atoms with van der Waals surface area (Å²) in [7, 11) is 6.36. The quantitative estimate of drug-likeness (QED) is 0.521. The molecule has 1 fully saturated rings. The van der Waals surface area contributed by atoms with Crippen molar-refractivity contribution in [3.05, 3.63) is 23.5 Å². The van der Waals surface area contributed by atoms with E-state index >= 15 is 0 Å². The third-order valence-corrected chi connectivity index (χ3v) is 2.73. The molecule has 1 heterocycles. The van der Waals surface area contributed by atoms with Crippen molar-refractivity contribution < 1.29 is 19.1 Å². The largest absolute Gasteiger partial charge is 0.466 e. The first-order valence-electron chi connectivity index (χ1n) is 5.52. The molecule has 0 saturated carbocycles. The molecule has 6 heteroatoms. The molecular formula is C12H18N2O4. The summed E-state index contributed by atoms with van der Waals surface area (Å²) >= 11 is 0. The van der Waals surface area contributed by atoms with Crippen molar-refractivity contribution in [2.24, 2.45) is 0 Å². The Balaban J connectivity index is 3.12. The molecule has 0 bridgehead atoms. The predicted molar refractivity (Wildman–Crippen MR) is 65.5 cm³/mol. The molecule has 0 radical (unpaired) electrons. The summed E-state index contributed by atoms with van der Waals surface area (Å²) in [5.74, 6) is -0.256. The molecule has 0 spiro atoms. The van der Waals surface area contributed by atoms with Gasteiger partial charge in [-0.15, -0.1) is 0 Å². The van der Waals surface area contributed by atoms with E-state index in [1.54, 1.807) is 0 Å². The van der Waals surface area contributed by atoms with Gasteiger partial charge in [-0.25, -0.2) is 9.59 Å². The highest BCUT2D eigenvalue weighted by molar-refractivity contribution is 5.94. The van der Waals surface area contributed by atoms with Crippen molar-refractivity contribution in [3.8, 4) is 0 Å². The zero-order chi connectivity index (χ0) is 13.7. The Labute approximate surface area is 106 Å². The molecule has 0 aromatic rings. The highest BCUT2D eigenvalue weighted by atomic mass is 16.5. The molecule has 0 aromatic carbocycles. The van der Waals surface area contributed by atoms with Crippen LogP contribution in [0.1, 0.15) is 0 Å². The van der Waals surface area contributed by atoms with Crippen LogP contribution in [0.4, 0.5) is 0 Å². The van der Waals surface area contributed by atoms with E-state index in [1.165, 1.54) is 26.4 Å². The Morgan fingerprint density at radius 3 is 2.06 bits per heavy atom. The normalized spacial score (nSPS) is 15.2. The summed E-state index contributed by atoms with van der Waals surface area (Å²) in [5.41, 5.74) is 0.338. The number of nitrogens with zero attached hydrogens (tertiary/aromatic N) is 2. The fourth-order valence-electron chi connectivity index (χ4n) is 1.78. The number of hydrogen-bond acceptors (Lipinski definition) is 6. The van der Waals surface area contributed by atoms with Gasteiger partial charge in [0.2, 0.25) is 0 Å². The third kappa shape index (κ3) is 3.03. The van der Waals surface area contributed by atoms with Gasteiger partial charge in [-0.1, -0.05) is 0 Å². The van der Waals surface area contributed by atoms with Gasteiger partial charge in [0.05, 0.1) is 14.2 Å². The number of carbonyl (C=O) groups excluding carboxylic acids is 2. The number of methoxy groups -OCH3 is 2. The zero-order valence-corrected chi connectivity index (χ0v) is 11.1. The lowest BCUT2D eigenvalue weighted by Crippen LogP contribution is -2.22. The van der Waals surface area contributed by atoms with Crippen LogP contribution in [0.3, 0.4) is 0 Å². The summed E-state index contributed by atoms with van der Waals surface area (Å²) < 4.78 is 9.24. The summed E-state index contributed by atoms with van der Waals surface area (Å²) in [6, 6.07) is 0. The van der Waals surface area contributed by atoms with Crippen LogP contribution in [-0.4, -0.2) is 63.1 Å². The summed E-state index contributed by atoms with van der Waals surface area (Å²) in [5, 5.41) is 0. The van der Waals surface area contributed by atoms with Crippen LogP contribution in [0.15, 0.2) is 23.5 Å². The first-order chi connectivity index (χ1) is 8.51. The van der Waals surface area contributed by atoms with Crippen molar-refractivity contribution in [2.75, 3.05) is 41.4 Å². The highest BCUT2D eigenvalue weighted by Gasteiger charge is 2.25. The molecular weight excluding hydrogens is 236 g/mol. The Bertz CT molecular complexity index is 389. The van der Waals surface area contributed by atoms with Crippen molar-refractivity contribution in [3.63, 3.8) is 0 Å². The number of rotatable bonds is 3. The Morgan fingerprint density at radius 1 is 1.06 bits per heavy atom. The van der Waals surface area contributed by atoms with Crippen LogP contribution in [-0.2, 0) is 19.1 Å². The van der Waals surface area contributed by atoms with Crippen LogP contribution in [0.2, 0.25) is 0 Å². The molecule has 0 aromatic heterocycles. The Kier molecular flexibility index (Phi) is 4.76. The lowest BCUT2D eigenvalue weighted by atomic mass is 10.2.